The monoisotopic (exact) mass is 1310 g/mol. The van der Waals surface area contributed by atoms with Crippen molar-refractivity contribution in [2.75, 3.05) is 39.6 Å². The van der Waals surface area contributed by atoms with Gasteiger partial charge < -0.3 is 33.8 Å². The van der Waals surface area contributed by atoms with Crippen LogP contribution in [0.1, 0.15) is 362 Å². The lowest BCUT2D eigenvalue weighted by molar-refractivity contribution is -0.161. The van der Waals surface area contributed by atoms with Gasteiger partial charge in [-0.25, -0.2) is 9.13 Å². The average molecular weight is 1310 g/mol. The number of phosphoric ester groups is 2. The maximum Gasteiger partial charge on any atom is 0.472 e. The van der Waals surface area contributed by atoms with Crippen molar-refractivity contribution < 1.29 is 80.2 Å². The van der Waals surface area contributed by atoms with Crippen molar-refractivity contribution in [3.8, 4) is 0 Å². The molecule has 3 N–H and O–H groups in total. The van der Waals surface area contributed by atoms with Gasteiger partial charge in [0.25, 0.3) is 0 Å². The maximum atomic E-state index is 13.0. The van der Waals surface area contributed by atoms with E-state index < -0.39 is 97.5 Å². The van der Waals surface area contributed by atoms with E-state index in [1.165, 1.54) is 186 Å². The number of carbonyl (C=O) groups excluding carboxylic acids is 4. The van der Waals surface area contributed by atoms with Crippen molar-refractivity contribution in [3.63, 3.8) is 0 Å². The summed E-state index contributed by atoms with van der Waals surface area (Å²) in [6, 6.07) is 0. The van der Waals surface area contributed by atoms with Gasteiger partial charge in [-0.1, -0.05) is 311 Å². The number of hydrogen-bond donors (Lipinski definition) is 3. The largest absolute Gasteiger partial charge is 0.472 e. The summed E-state index contributed by atoms with van der Waals surface area (Å²) in [7, 11) is -9.89. The van der Waals surface area contributed by atoms with E-state index >= 15 is 0 Å². The van der Waals surface area contributed by atoms with Crippen LogP contribution in [0.15, 0.2) is 0 Å². The van der Waals surface area contributed by atoms with Gasteiger partial charge in [0.2, 0.25) is 0 Å². The van der Waals surface area contributed by atoms with Crippen LogP contribution in [-0.2, 0) is 65.4 Å². The molecule has 0 aliphatic carbocycles. The molecule has 17 nitrogen and oxygen atoms in total. The van der Waals surface area contributed by atoms with Crippen molar-refractivity contribution in [2.45, 2.75) is 380 Å². The fourth-order valence-electron chi connectivity index (χ4n) is 10.6. The van der Waals surface area contributed by atoms with Crippen molar-refractivity contribution in [2.24, 2.45) is 5.92 Å². The molecule has 3 unspecified atom stereocenters. The molecule has 0 radical (unpaired) electrons. The van der Waals surface area contributed by atoms with Gasteiger partial charge in [-0.3, -0.25) is 37.3 Å². The summed E-state index contributed by atoms with van der Waals surface area (Å²) in [5, 5.41) is 10.6. The van der Waals surface area contributed by atoms with Crippen LogP contribution >= 0.6 is 15.6 Å². The molecule has 89 heavy (non-hydrogen) atoms. The number of ether oxygens (including phenoxy) is 4. The summed E-state index contributed by atoms with van der Waals surface area (Å²) < 4.78 is 68.2. The van der Waals surface area contributed by atoms with Crippen LogP contribution in [0.3, 0.4) is 0 Å². The normalized spacial score (nSPS) is 14.4. The molecule has 0 aliphatic rings. The van der Waals surface area contributed by atoms with Gasteiger partial charge in [0, 0.05) is 25.7 Å². The number of unbranched alkanes of at least 4 members (excludes halogenated alkanes) is 41. The van der Waals surface area contributed by atoms with E-state index in [4.69, 9.17) is 37.0 Å². The van der Waals surface area contributed by atoms with Crippen LogP contribution in [0.4, 0.5) is 0 Å². The van der Waals surface area contributed by atoms with E-state index in [1.54, 1.807) is 0 Å². The second-order valence-electron chi connectivity index (χ2n) is 25.5. The molecule has 0 saturated carbocycles. The van der Waals surface area contributed by atoms with Gasteiger partial charge in [0.05, 0.1) is 26.4 Å². The molecule has 0 aliphatic heterocycles. The Kier molecular flexibility index (Phi) is 62.1. The number of aliphatic hydroxyl groups excluding tert-OH is 1. The molecule has 0 aromatic carbocycles. The number of carbonyl (C=O) groups is 4. The minimum atomic E-state index is -4.95. The molecule has 0 bridgehead atoms. The number of aliphatic hydroxyl groups is 1. The van der Waals surface area contributed by atoms with Crippen LogP contribution in [0.5, 0.6) is 0 Å². The fraction of sp³-hybridized carbons (Fsp3) is 0.943. The van der Waals surface area contributed by atoms with E-state index in [0.29, 0.717) is 25.7 Å². The zero-order valence-corrected chi connectivity index (χ0v) is 59.4. The van der Waals surface area contributed by atoms with Crippen LogP contribution in [0, 0.1) is 5.92 Å². The summed E-state index contributed by atoms with van der Waals surface area (Å²) in [4.78, 5) is 72.4. The highest BCUT2D eigenvalue weighted by Gasteiger charge is 2.30. The molecule has 6 atom stereocenters. The van der Waals surface area contributed by atoms with Gasteiger partial charge in [0.15, 0.2) is 12.2 Å². The summed E-state index contributed by atoms with van der Waals surface area (Å²) in [6.07, 6.45) is 49.9. The van der Waals surface area contributed by atoms with Crippen LogP contribution < -0.4 is 0 Å². The van der Waals surface area contributed by atoms with Crippen molar-refractivity contribution in [3.05, 3.63) is 0 Å². The Hall–Kier alpha value is -1.94. The van der Waals surface area contributed by atoms with E-state index in [9.17, 15) is 43.2 Å². The standard InChI is InChI=1S/C70H136O17P2/c1-6-10-13-16-19-22-24-25-26-27-28-29-30-31-34-41-46-51-56-70(75)87-66(60-81-68(73)54-49-44-39-36-35-37-42-47-52-63(5)9-4)62-85-89(78,79)83-58-64(71)57-82-88(76,77)84-61-65(59-80-67(72)53-48-43-38-32-21-18-15-12-8-3)86-69(74)55-50-45-40-33-23-20-17-14-11-7-2/h63-66,71H,6-62H2,1-5H3,(H,76,77)(H,78,79)/t63?,64-,65+,66+/m0/s1. The molecule has 0 fully saturated rings. The first-order valence-corrected chi connectivity index (χ1v) is 39.7. The summed E-state index contributed by atoms with van der Waals surface area (Å²) >= 11 is 0. The molecule has 0 heterocycles. The molecular formula is C70H136O17P2. The Morgan fingerprint density at radius 3 is 0.798 bits per heavy atom. The van der Waals surface area contributed by atoms with Crippen LogP contribution in [-0.4, -0.2) is 96.7 Å². The molecule has 0 spiro atoms. The number of phosphoric acid groups is 2. The molecule has 528 valence electrons. The quantitative estimate of drug-likeness (QED) is 0.0222. The lowest BCUT2D eigenvalue weighted by Gasteiger charge is -2.21. The molecule has 0 amide bonds. The molecule has 0 aromatic heterocycles. The maximum absolute atomic E-state index is 13.0. The minimum Gasteiger partial charge on any atom is -0.462 e. The van der Waals surface area contributed by atoms with E-state index in [-0.39, 0.29) is 25.7 Å². The van der Waals surface area contributed by atoms with Gasteiger partial charge in [-0.05, 0) is 31.6 Å². The molecular weight excluding hydrogens is 1170 g/mol. The smallest absolute Gasteiger partial charge is 0.462 e. The highest BCUT2D eigenvalue weighted by Crippen LogP contribution is 2.45. The van der Waals surface area contributed by atoms with Crippen LogP contribution in [0.2, 0.25) is 0 Å². The third-order valence-corrected chi connectivity index (χ3v) is 18.5. The van der Waals surface area contributed by atoms with E-state index in [2.05, 4.69) is 34.6 Å². The summed E-state index contributed by atoms with van der Waals surface area (Å²) in [5.74, 6) is -1.35. The predicted molar refractivity (Wildman–Crippen MR) is 358 cm³/mol. The van der Waals surface area contributed by atoms with Crippen LogP contribution in [0.25, 0.3) is 0 Å². The highest BCUT2D eigenvalue weighted by atomic mass is 31.2. The first-order valence-electron chi connectivity index (χ1n) is 36.7. The van der Waals surface area contributed by atoms with E-state index in [0.717, 1.165) is 95.8 Å². The van der Waals surface area contributed by atoms with Gasteiger partial charge in [-0.2, -0.15) is 0 Å². The highest BCUT2D eigenvalue weighted by molar-refractivity contribution is 7.47. The Morgan fingerprint density at radius 2 is 0.539 bits per heavy atom. The average Bonchev–Trinajstić information content (AvgIpc) is 3.63. The Morgan fingerprint density at radius 1 is 0.315 bits per heavy atom. The van der Waals surface area contributed by atoms with Crippen molar-refractivity contribution in [1.29, 1.82) is 0 Å². The van der Waals surface area contributed by atoms with Gasteiger partial charge in [0.1, 0.15) is 19.3 Å². The molecule has 0 aromatic rings. The minimum absolute atomic E-state index is 0.107. The Balaban J connectivity index is 5.21. The lowest BCUT2D eigenvalue weighted by Crippen LogP contribution is -2.30. The van der Waals surface area contributed by atoms with E-state index in [1.807, 2.05) is 0 Å². The first-order chi connectivity index (χ1) is 43.1. The zero-order valence-electron chi connectivity index (χ0n) is 57.6. The number of esters is 4. The van der Waals surface area contributed by atoms with Gasteiger partial charge >= 0.3 is 39.5 Å². The molecule has 19 heteroatoms. The predicted octanol–water partition coefficient (Wildman–Crippen LogP) is 20.1. The topological polar surface area (TPSA) is 237 Å². The SMILES string of the molecule is CCCCCCCCCCCCCCCCCCCCC(=O)O[C@H](COC(=O)CCCCCCCCCCC(C)CC)COP(=O)(O)OC[C@@H](O)COP(=O)(O)OC[C@@H](COC(=O)CCCCCCCCCCC)OC(=O)CCCCCCCCCCCC. The fourth-order valence-corrected chi connectivity index (χ4v) is 12.2. The number of rotatable bonds is 70. The molecule has 0 saturated heterocycles. The third-order valence-electron chi connectivity index (χ3n) is 16.6. The van der Waals surface area contributed by atoms with Crippen molar-refractivity contribution in [1.82, 2.24) is 0 Å². The Bertz CT molecular complexity index is 1720. The lowest BCUT2D eigenvalue weighted by atomic mass is 9.99. The van der Waals surface area contributed by atoms with Crippen molar-refractivity contribution >= 4 is 39.5 Å². The summed E-state index contributed by atoms with van der Waals surface area (Å²) in [5.41, 5.74) is 0. The number of hydrogen-bond acceptors (Lipinski definition) is 15. The second-order valence-corrected chi connectivity index (χ2v) is 28.4. The summed E-state index contributed by atoms with van der Waals surface area (Å²) in [6.45, 7) is 7.23. The molecule has 0 rings (SSSR count). The third kappa shape index (κ3) is 63.2. The van der Waals surface area contributed by atoms with Gasteiger partial charge in [-0.15, -0.1) is 0 Å². The second kappa shape index (κ2) is 63.5. The Labute approximate surface area is 543 Å². The first kappa shape index (κ1) is 87.1. The zero-order chi connectivity index (χ0) is 65.6.